The van der Waals surface area contributed by atoms with Crippen LogP contribution in [0.2, 0.25) is 0 Å². The SMILES string of the molecule is O=S1(=O)CCC2(C1)OCCNC2CCC(F)(F)F. The van der Waals surface area contributed by atoms with Gasteiger partial charge in [0.2, 0.25) is 0 Å². The Balaban J connectivity index is 2.07. The molecule has 2 unspecified atom stereocenters. The Morgan fingerprint density at radius 1 is 1.39 bits per heavy atom. The molecule has 1 spiro atoms. The second kappa shape index (κ2) is 4.64. The van der Waals surface area contributed by atoms with Crippen LogP contribution in [0.25, 0.3) is 0 Å². The van der Waals surface area contributed by atoms with E-state index in [-0.39, 0.29) is 24.3 Å². The second-order valence-corrected chi connectivity index (χ2v) is 7.10. The average Bonchev–Trinajstić information content (AvgIpc) is 2.53. The van der Waals surface area contributed by atoms with Crippen LogP contribution in [0.5, 0.6) is 0 Å². The van der Waals surface area contributed by atoms with Crippen molar-refractivity contribution in [2.24, 2.45) is 0 Å². The van der Waals surface area contributed by atoms with Crippen LogP contribution in [0.4, 0.5) is 13.2 Å². The molecule has 0 saturated carbocycles. The Morgan fingerprint density at radius 3 is 2.67 bits per heavy atom. The van der Waals surface area contributed by atoms with E-state index in [0.29, 0.717) is 13.2 Å². The third-order valence-corrected chi connectivity index (χ3v) is 5.29. The summed E-state index contributed by atoms with van der Waals surface area (Å²) in [7, 11) is -3.19. The molecule has 0 aromatic rings. The average molecular weight is 287 g/mol. The summed E-state index contributed by atoms with van der Waals surface area (Å²) in [4.78, 5) is 0. The van der Waals surface area contributed by atoms with Gasteiger partial charge in [0.15, 0.2) is 9.84 Å². The molecule has 1 N–H and O–H groups in total. The van der Waals surface area contributed by atoms with Crippen LogP contribution in [0.3, 0.4) is 0 Å². The van der Waals surface area contributed by atoms with E-state index in [1.165, 1.54) is 0 Å². The van der Waals surface area contributed by atoms with Crippen LogP contribution in [-0.2, 0) is 14.6 Å². The summed E-state index contributed by atoms with van der Waals surface area (Å²) < 4.78 is 65.3. The minimum Gasteiger partial charge on any atom is -0.371 e. The lowest BCUT2D eigenvalue weighted by Gasteiger charge is -2.41. The lowest BCUT2D eigenvalue weighted by atomic mass is 9.88. The third-order valence-electron chi connectivity index (χ3n) is 3.53. The molecule has 2 aliphatic heterocycles. The van der Waals surface area contributed by atoms with E-state index < -0.39 is 34.1 Å². The van der Waals surface area contributed by atoms with Gasteiger partial charge < -0.3 is 10.1 Å². The van der Waals surface area contributed by atoms with E-state index in [0.717, 1.165) is 0 Å². The van der Waals surface area contributed by atoms with Crippen molar-refractivity contribution < 1.29 is 26.3 Å². The lowest BCUT2D eigenvalue weighted by molar-refractivity contribution is -0.145. The van der Waals surface area contributed by atoms with Crippen molar-refractivity contribution in [3.8, 4) is 0 Å². The van der Waals surface area contributed by atoms with E-state index in [1.54, 1.807) is 0 Å². The van der Waals surface area contributed by atoms with Crippen LogP contribution >= 0.6 is 0 Å². The fourth-order valence-electron chi connectivity index (χ4n) is 2.68. The Labute approximate surface area is 104 Å². The maximum atomic E-state index is 12.3. The summed E-state index contributed by atoms with van der Waals surface area (Å²) in [6.45, 7) is 0.808. The molecule has 0 radical (unpaired) electrons. The van der Waals surface area contributed by atoms with Gasteiger partial charge in [-0.2, -0.15) is 13.2 Å². The first-order valence-corrected chi connectivity index (χ1v) is 7.69. The van der Waals surface area contributed by atoms with Gasteiger partial charge in [-0.1, -0.05) is 0 Å². The Bertz CT molecular complexity index is 409. The molecule has 0 aromatic carbocycles. The highest BCUT2D eigenvalue weighted by Gasteiger charge is 2.50. The van der Waals surface area contributed by atoms with E-state index in [4.69, 9.17) is 4.74 Å². The smallest absolute Gasteiger partial charge is 0.371 e. The van der Waals surface area contributed by atoms with Crippen molar-refractivity contribution in [2.45, 2.75) is 37.1 Å². The van der Waals surface area contributed by atoms with Gasteiger partial charge in [-0.05, 0) is 12.8 Å². The van der Waals surface area contributed by atoms with Gasteiger partial charge in [-0.15, -0.1) is 0 Å². The van der Waals surface area contributed by atoms with Crippen LogP contribution in [0.1, 0.15) is 19.3 Å². The van der Waals surface area contributed by atoms with Gasteiger partial charge in [0.1, 0.15) is 0 Å². The number of hydrogen-bond acceptors (Lipinski definition) is 4. The molecular formula is C10H16F3NO3S. The highest BCUT2D eigenvalue weighted by Crippen LogP contribution is 2.36. The minimum absolute atomic E-state index is 0.00278. The standard InChI is InChI=1S/C10H16F3NO3S/c11-10(12,13)2-1-8-9(17-5-4-14-8)3-6-18(15,16)7-9/h8,14H,1-7H2. The molecule has 0 aliphatic carbocycles. The first-order valence-electron chi connectivity index (χ1n) is 5.87. The zero-order valence-electron chi connectivity index (χ0n) is 9.79. The zero-order valence-corrected chi connectivity index (χ0v) is 10.6. The predicted octanol–water partition coefficient (Wildman–Crippen LogP) is 0.875. The van der Waals surface area contributed by atoms with Gasteiger partial charge >= 0.3 is 6.18 Å². The minimum atomic E-state index is -4.22. The molecule has 0 aromatic heterocycles. The number of alkyl halides is 3. The summed E-state index contributed by atoms with van der Waals surface area (Å²) in [5.74, 6) is -0.174. The number of rotatable bonds is 2. The quantitative estimate of drug-likeness (QED) is 0.819. The summed E-state index contributed by atoms with van der Waals surface area (Å²) in [5, 5.41) is 2.97. The van der Waals surface area contributed by atoms with Gasteiger partial charge in [0.25, 0.3) is 0 Å². The number of morpholine rings is 1. The lowest BCUT2D eigenvalue weighted by Crippen LogP contribution is -2.59. The Morgan fingerprint density at radius 2 is 2.11 bits per heavy atom. The van der Waals surface area contributed by atoms with Crippen molar-refractivity contribution in [2.75, 3.05) is 24.7 Å². The monoisotopic (exact) mass is 287 g/mol. The number of ether oxygens (including phenoxy) is 1. The summed E-state index contributed by atoms with van der Waals surface area (Å²) in [5.41, 5.74) is -0.956. The van der Waals surface area contributed by atoms with Crippen molar-refractivity contribution in [1.82, 2.24) is 5.32 Å². The number of nitrogens with one attached hydrogen (secondary N) is 1. The maximum Gasteiger partial charge on any atom is 0.389 e. The fourth-order valence-corrected chi connectivity index (χ4v) is 4.65. The summed E-state index contributed by atoms with van der Waals surface area (Å²) in [6, 6.07) is -0.537. The zero-order chi connectivity index (χ0) is 13.4. The molecule has 2 heterocycles. The highest BCUT2D eigenvalue weighted by atomic mass is 32.2. The second-order valence-electron chi connectivity index (χ2n) is 4.92. The molecule has 4 nitrogen and oxygen atoms in total. The van der Waals surface area contributed by atoms with Crippen molar-refractivity contribution in [3.05, 3.63) is 0 Å². The Kier molecular flexibility index (Phi) is 3.63. The van der Waals surface area contributed by atoms with Crippen molar-refractivity contribution >= 4 is 9.84 Å². The first kappa shape index (κ1) is 14.1. The fraction of sp³-hybridized carbons (Fsp3) is 1.00. The van der Waals surface area contributed by atoms with Gasteiger partial charge in [0.05, 0.1) is 23.7 Å². The summed E-state index contributed by atoms with van der Waals surface area (Å²) in [6.07, 6.45) is -5.00. The van der Waals surface area contributed by atoms with Crippen molar-refractivity contribution in [1.29, 1.82) is 0 Å². The first-order chi connectivity index (χ1) is 8.23. The van der Waals surface area contributed by atoms with E-state index in [1.807, 2.05) is 0 Å². The highest BCUT2D eigenvalue weighted by molar-refractivity contribution is 7.91. The molecule has 0 bridgehead atoms. The molecule has 2 fully saturated rings. The van der Waals surface area contributed by atoms with Crippen LogP contribution < -0.4 is 5.32 Å². The summed E-state index contributed by atoms with van der Waals surface area (Å²) >= 11 is 0. The number of sulfone groups is 1. The third kappa shape index (κ3) is 3.16. The van der Waals surface area contributed by atoms with E-state index in [9.17, 15) is 21.6 Å². The predicted molar refractivity (Wildman–Crippen MR) is 59.0 cm³/mol. The molecule has 0 amide bonds. The molecule has 8 heteroatoms. The topological polar surface area (TPSA) is 55.4 Å². The molecule has 2 atom stereocenters. The molecule has 2 rings (SSSR count). The van der Waals surface area contributed by atoms with Crippen LogP contribution in [0.15, 0.2) is 0 Å². The van der Waals surface area contributed by atoms with Crippen LogP contribution in [-0.4, -0.2) is 50.9 Å². The van der Waals surface area contributed by atoms with Gasteiger partial charge in [-0.3, -0.25) is 0 Å². The molecular weight excluding hydrogens is 271 g/mol. The molecule has 2 saturated heterocycles. The molecule has 2 aliphatic rings. The van der Waals surface area contributed by atoms with Crippen LogP contribution in [0, 0.1) is 0 Å². The maximum absolute atomic E-state index is 12.3. The van der Waals surface area contributed by atoms with Crippen molar-refractivity contribution in [3.63, 3.8) is 0 Å². The van der Waals surface area contributed by atoms with Gasteiger partial charge in [-0.25, -0.2) is 8.42 Å². The van der Waals surface area contributed by atoms with E-state index >= 15 is 0 Å². The molecule has 18 heavy (non-hydrogen) atoms. The normalized spacial score (nSPS) is 36.1. The van der Waals surface area contributed by atoms with E-state index in [2.05, 4.69) is 5.32 Å². The van der Waals surface area contributed by atoms with Gasteiger partial charge in [0, 0.05) is 19.0 Å². The molecule has 106 valence electrons. The Hall–Kier alpha value is -0.340. The number of hydrogen-bond donors (Lipinski definition) is 1. The largest absolute Gasteiger partial charge is 0.389 e. The number of halogens is 3.